The fourth-order valence-electron chi connectivity index (χ4n) is 0. The van der Waals surface area contributed by atoms with E-state index in [4.69, 9.17) is 0 Å². The van der Waals surface area contributed by atoms with E-state index in [0.29, 0.717) is 0 Å². The first kappa shape index (κ1) is 31.1. The van der Waals surface area contributed by atoms with Crippen molar-refractivity contribution in [2.24, 2.45) is 0 Å². The SMILES string of the molecule is C[CH2][Re+6].[O-2].[O-2].[O-2]. The van der Waals surface area contributed by atoms with Gasteiger partial charge in [-0.1, -0.05) is 0 Å². The average Bonchev–Trinajstić information content (AvgIpc) is 0.918. The Balaban J connectivity index is -0.00000000667. The molecule has 0 aromatic heterocycles. The van der Waals surface area contributed by atoms with Crippen LogP contribution in [0.3, 0.4) is 0 Å². The fourth-order valence-corrected chi connectivity index (χ4v) is 0. The van der Waals surface area contributed by atoms with Gasteiger partial charge >= 0.3 is 31.0 Å². The summed E-state index contributed by atoms with van der Waals surface area (Å²) >= 11 is 1.82. The summed E-state index contributed by atoms with van der Waals surface area (Å²) in [6.07, 6.45) is 0. The molecule has 6 heavy (non-hydrogen) atoms. The minimum Gasteiger partial charge on any atom is -2.00 e. The van der Waals surface area contributed by atoms with Crippen LogP contribution in [0.25, 0.3) is 0 Å². The molecule has 0 saturated carbocycles. The van der Waals surface area contributed by atoms with Crippen LogP contribution in [0.2, 0.25) is 4.89 Å². The Hall–Kier alpha value is 0.542. The van der Waals surface area contributed by atoms with Crippen molar-refractivity contribution >= 4 is 0 Å². The molecule has 38 valence electrons. The van der Waals surface area contributed by atoms with Crippen LogP contribution < -0.4 is 0 Å². The maximum absolute atomic E-state index is 2.15. The first-order chi connectivity index (χ1) is 1.41. The monoisotopic (exact) mass is 264 g/mol. The summed E-state index contributed by atoms with van der Waals surface area (Å²) in [7, 11) is 0. The van der Waals surface area contributed by atoms with E-state index in [1.807, 2.05) is 19.2 Å². The van der Waals surface area contributed by atoms with Gasteiger partial charge in [0.25, 0.3) is 0 Å². The van der Waals surface area contributed by atoms with Crippen molar-refractivity contribution in [1.29, 1.82) is 0 Å². The molecule has 0 amide bonds. The van der Waals surface area contributed by atoms with Crippen molar-refractivity contribution in [3.8, 4) is 0 Å². The number of hydrogen-bond acceptors (Lipinski definition) is 0. The minimum absolute atomic E-state index is 0. The molecule has 0 heterocycles. The van der Waals surface area contributed by atoms with Gasteiger partial charge in [0.1, 0.15) is 0 Å². The van der Waals surface area contributed by atoms with E-state index in [0.717, 1.165) is 0 Å². The van der Waals surface area contributed by atoms with Gasteiger partial charge in [-0.2, -0.15) is 0 Å². The largest absolute Gasteiger partial charge is 2.00 e. The maximum Gasteiger partial charge on any atom is -2.00 e. The van der Waals surface area contributed by atoms with Crippen molar-refractivity contribution < 1.29 is 35.6 Å². The van der Waals surface area contributed by atoms with Crippen LogP contribution >= 0.6 is 0 Å². The van der Waals surface area contributed by atoms with E-state index in [1.54, 1.807) is 0 Å². The van der Waals surface area contributed by atoms with Gasteiger partial charge in [0.15, 0.2) is 0 Å². The van der Waals surface area contributed by atoms with Gasteiger partial charge in [-0.3, -0.25) is 0 Å². The van der Waals surface area contributed by atoms with Crippen LogP contribution in [0.5, 0.6) is 0 Å². The maximum atomic E-state index is 2.15. The summed E-state index contributed by atoms with van der Waals surface area (Å²) in [5.41, 5.74) is 0. The van der Waals surface area contributed by atoms with Gasteiger partial charge in [-0.15, -0.1) is 0 Å². The molecule has 0 aliphatic carbocycles. The molecule has 0 N–H and O–H groups in total. The Kier molecular flexibility index (Phi) is 249. The average molecular weight is 263 g/mol. The van der Waals surface area contributed by atoms with Gasteiger partial charge < -0.3 is 16.4 Å². The Morgan fingerprint density at radius 1 is 1.17 bits per heavy atom. The number of hydrogen-bond donors (Lipinski definition) is 0. The first-order valence-electron chi connectivity index (χ1n) is 0.974. The van der Waals surface area contributed by atoms with Crippen LogP contribution in [0.1, 0.15) is 6.92 Å². The van der Waals surface area contributed by atoms with Gasteiger partial charge in [-0.25, -0.2) is 0 Å². The van der Waals surface area contributed by atoms with Crippen molar-refractivity contribution in [3.63, 3.8) is 0 Å². The zero-order valence-electron chi connectivity index (χ0n) is 3.31. The standard InChI is InChI=1S/C2H5.3O.Re/c1-2;;;;/h1H2,2H3;;;;/q;3*-2;+6. The second-order valence-electron chi connectivity index (χ2n) is 0.267. The minimum atomic E-state index is 0. The molecule has 0 aromatic carbocycles. The second kappa shape index (κ2) is 48.1. The van der Waals surface area contributed by atoms with Crippen LogP contribution in [0.4, 0.5) is 0 Å². The molecular formula is C2H5O3Re. The Morgan fingerprint density at radius 3 is 1.17 bits per heavy atom. The molecule has 4 heteroatoms. The molecule has 0 spiro atoms. The predicted molar refractivity (Wildman–Crippen MR) is 12.5 cm³/mol. The molecule has 0 atom stereocenters. The summed E-state index contributed by atoms with van der Waals surface area (Å²) < 4.78 is 0. The molecule has 0 rings (SSSR count). The molecule has 0 fully saturated rings. The topological polar surface area (TPSA) is 85.5 Å². The zero-order chi connectivity index (χ0) is 2.71. The fraction of sp³-hybridized carbons (Fsp3) is 1.00. The van der Waals surface area contributed by atoms with E-state index in [9.17, 15) is 0 Å². The summed E-state index contributed by atoms with van der Waals surface area (Å²) in [4.78, 5) is 1.31. The summed E-state index contributed by atoms with van der Waals surface area (Å²) in [6.45, 7) is 2.15. The summed E-state index contributed by atoms with van der Waals surface area (Å²) in [5.74, 6) is 0. The molecule has 0 unspecified atom stereocenters. The van der Waals surface area contributed by atoms with Crippen molar-refractivity contribution in [3.05, 3.63) is 0 Å². The van der Waals surface area contributed by atoms with Gasteiger partial charge in [0.2, 0.25) is 0 Å². The number of rotatable bonds is 0. The third-order valence-corrected chi connectivity index (χ3v) is 0. The van der Waals surface area contributed by atoms with E-state index in [2.05, 4.69) is 6.92 Å². The van der Waals surface area contributed by atoms with Crippen LogP contribution in [-0.4, -0.2) is 0 Å². The quantitative estimate of drug-likeness (QED) is 0.613. The van der Waals surface area contributed by atoms with Crippen molar-refractivity contribution in [2.45, 2.75) is 11.8 Å². The van der Waals surface area contributed by atoms with Gasteiger partial charge in [-0.05, 0) is 0 Å². The Labute approximate surface area is 48.1 Å². The molecule has 0 aromatic rings. The molecule has 0 aliphatic rings. The third-order valence-electron chi connectivity index (χ3n) is 0. The van der Waals surface area contributed by atoms with E-state index in [1.165, 1.54) is 4.89 Å². The van der Waals surface area contributed by atoms with E-state index >= 15 is 0 Å². The first-order valence-corrected chi connectivity index (χ1v) is 2.89. The van der Waals surface area contributed by atoms with Gasteiger partial charge in [0, 0.05) is 0 Å². The molecule has 0 radical (unpaired) electrons. The van der Waals surface area contributed by atoms with Crippen molar-refractivity contribution in [2.75, 3.05) is 0 Å². The van der Waals surface area contributed by atoms with E-state index < -0.39 is 0 Å². The molecule has 0 saturated heterocycles. The summed E-state index contributed by atoms with van der Waals surface area (Å²) in [6, 6.07) is 0. The van der Waals surface area contributed by atoms with E-state index in [-0.39, 0.29) is 16.4 Å². The molecule has 3 nitrogen and oxygen atoms in total. The van der Waals surface area contributed by atoms with Gasteiger partial charge in [0.05, 0.1) is 0 Å². The second-order valence-corrected chi connectivity index (χ2v) is 2.19. The third kappa shape index (κ3) is 194. The zero-order valence-corrected chi connectivity index (χ0v) is 6.03. The van der Waals surface area contributed by atoms with Crippen LogP contribution in [-0.2, 0) is 35.6 Å². The summed E-state index contributed by atoms with van der Waals surface area (Å²) in [5, 5.41) is 0. The molecule has 0 bridgehead atoms. The predicted octanol–water partition coefficient (Wildman–Crippen LogP) is 0.615. The van der Waals surface area contributed by atoms with Crippen LogP contribution in [0.15, 0.2) is 0 Å². The van der Waals surface area contributed by atoms with Crippen molar-refractivity contribution in [1.82, 2.24) is 0 Å². The Morgan fingerprint density at radius 2 is 1.17 bits per heavy atom. The molecular weight excluding hydrogens is 258 g/mol. The van der Waals surface area contributed by atoms with Crippen LogP contribution in [0, 0.1) is 0 Å². The Bertz CT molecular complexity index is 8.75. The smallest absolute Gasteiger partial charge is 2.00 e. The molecule has 0 aliphatic heterocycles. The normalized spacial score (nSPS) is 3.17.